The van der Waals surface area contributed by atoms with Crippen molar-refractivity contribution >= 4 is 10.9 Å². The Kier molecular flexibility index (Phi) is 3.65. The summed E-state index contributed by atoms with van der Waals surface area (Å²) in [5.74, 6) is 0.665. The molecular weight excluding hydrogens is 316 g/mol. The van der Waals surface area contributed by atoms with Gasteiger partial charge in [0, 0.05) is 29.5 Å². The summed E-state index contributed by atoms with van der Waals surface area (Å²) in [6, 6.07) is 20.2. The first-order valence-electron chi connectivity index (χ1n) is 9.77. The Morgan fingerprint density at radius 1 is 1.08 bits per heavy atom. The van der Waals surface area contributed by atoms with E-state index in [9.17, 15) is 0 Å². The van der Waals surface area contributed by atoms with E-state index in [1.165, 1.54) is 47.3 Å². The van der Waals surface area contributed by atoms with Gasteiger partial charge in [-0.1, -0.05) is 48.0 Å². The number of pyridine rings is 1. The Morgan fingerprint density at radius 3 is 2.85 bits per heavy atom. The Balaban J connectivity index is 1.67. The van der Waals surface area contributed by atoms with Crippen LogP contribution in [0.1, 0.15) is 28.8 Å². The van der Waals surface area contributed by atoms with E-state index >= 15 is 0 Å². The first-order valence-corrected chi connectivity index (χ1v) is 9.77. The van der Waals surface area contributed by atoms with Crippen LogP contribution in [-0.2, 0) is 18.3 Å². The van der Waals surface area contributed by atoms with Crippen LogP contribution in [0.15, 0.2) is 54.6 Å². The summed E-state index contributed by atoms with van der Waals surface area (Å²) in [6.45, 7) is 4.57. The van der Waals surface area contributed by atoms with Gasteiger partial charge in [0.1, 0.15) is 0 Å². The maximum Gasteiger partial charge on any atom is 0.0705 e. The van der Waals surface area contributed by atoms with Crippen molar-refractivity contribution in [3.63, 3.8) is 0 Å². The summed E-state index contributed by atoms with van der Waals surface area (Å²) in [6.07, 6.45) is 3.45. The number of benzene rings is 2. The largest absolute Gasteiger partial charge is 0.306 e. The van der Waals surface area contributed by atoms with Crippen LogP contribution in [0.2, 0.25) is 0 Å². The average molecular weight is 342 g/mol. The fourth-order valence-corrected chi connectivity index (χ4v) is 5.26. The molecule has 26 heavy (non-hydrogen) atoms. The highest BCUT2D eigenvalue weighted by Gasteiger charge is 2.47. The number of fused-ring (bicyclic) bond motifs is 3. The number of para-hydroxylation sites is 1. The molecule has 0 radical (unpaired) electrons. The van der Waals surface area contributed by atoms with Crippen LogP contribution >= 0.6 is 0 Å². The van der Waals surface area contributed by atoms with Gasteiger partial charge in [-0.3, -0.25) is 4.98 Å². The number of piperidine rings is 1. The zero-order valence-electron chi connectivity index (χ0n) is 15.7. The molecule has 0 bridgehead atoms. The van der Waals surface area contributed by atoms with Gasteiger partial charge in [0.25, 0.3) is 0 Å². The van der Waals surface area contributed by atoms with E-state index in [1.54, 1.807) is 0 Å². The first-order chi connectivity index (χ1) is 12.6. The molecule has 1 saturated heterocycles. The molecule has 2 nitrogen and oxygen atoms in total. The Hall–Kier alpha value is -2.19. The minimum Gasteiger partial charge on any atom is -0.306 e. The van der Waals surface area contributed by atoms with Gasteiger partial charge in [-0.15, -0.1) is 0 Å². The minimum atomic E-state index is 0.237. The van der Waals surface area contributed by atoms with Gasteiger partial charge in [0.05, 0.1) is 5.52 Å². The van der Waals surface area contributed by atoms with Gasteiger partial charge in [0.2, 0.25) is 0 Å². The fourth-order valence-electron chi connectivity index (χ4n) is 5.26. The Bertz CT molecular complexity index is 977. The number of hydrogen-bond donors (Lipinski definition) is 0. The predicted octanol–water partition coefficient (Wildman–Crippen LogP) is 4.53. The number of hydrogen-bond acceptors (Lipinski definition) is 2. The van der Waals surface area contributed by atoms with E-state index < -0.39 is 0 Å². The molecule has 3 aromatic rings. The molecule has 0 N–H and O–H groups in total. The summed E-state index contributed by atoms with van der Waals surface area (Å²) < 4.78 is 0. The van der Waals surface area contributed by atoms with E-state index in [1.807, 2.05) is 0 Å². The fraction of sp³-hybridized carbons (Fsp3) is 0.375. The Labute approximate surface area is 155 Å². The third-order valence-electron chi connectivity index (χ3n) is 6.69. The molecule has 1 aliphatic heterocycles. The van der Waals surface area contributed by atoms with Gasteiger partial charge in [-0.2, -0.15) is 0 Å². The number of rotatable bonds is 1. The first kappa shape index (κ1) is 16.0. The molecule has 2 heteroatoms. The van der Waals surface area contributed by atoms with Gasteiger partial charge >= 0.3 is 0 Å². The molecule has 132 valence electrons. The normalized spacial score (nSPS) is 25.7. The van der Waals surface area contributed by atoms with Crippen LogP contribution in [0.3, 0.4) is 0 Å². The molecule has 2 aromatic carbocycles. The van der Waals surface area contributed by atoms with Gasteiger partial charge in [-0.05, 0) is 62.5 Å². The summed E-state index contributed by atoms with van der Waals surface area (Å²) in [7, 11) is 2.27. The number of aromatic nitrogens is 1. The molecule has 0 amide bonds. The SMILES string of the molecule is Cc1cccc([C@]23CCN(C)C[C@@H]2Cc2cc4ccccc4nc2C3)c1. The molecular formula is C24H26N2. The maximum absolute atomic E-state index is 5.11. The molecule has 2 aliphatic rings. The van der Waals surface area contributed by atoms with Crippen LogP contribution in [0, 0.1) is 12.8 Å². The number of aryl methyl sites for hydroxylation is 1. The predicted molar refractivity (Wildman–Crippen MR) is 108 cm³/mol. The molecule has 0 spiro atoms. The van der Waals surface area contributed by atoms with E-state index in [-0.39, 0.29) is 5.41 Å². The summed E-state index contributed by atoms with van der Waals surface area (Å²) in [5, 5.41) is 1.28. The van der Waals surface area contributed by atoms with Crippen LogP contribution in [0.4, 0.5) is 0 Å². The third-order valence-corrected chi connectivity index (χ3v) is 6.69. The maximum atomic E-state index is 5.11. The Morgan fingerprint density at radius 2 is 1.96 bits per heavy atom. The molecule has 0 unspecified atom stereocenters. The minimum absolute atomic E-state index is 0.237. The summed E-state index contributed by atoms with van der Waals surface area (Å²) >= 11 is 0. The monoisotopic (exact) mass is 342 g/mol. The zero-order valence-corrected chi connectivity index (χ0v) is 15.7. The second kappa shape index (κ2) is 5.92. The van der Waals surface area contributed by atoms with E-state index in [0.29, 0.717) is 5.92 Å². The quantitative estimate of drug-likeness (QED) is 0.646. The molecule has 2 atom stereocenters. The van der Waals surface area contributed by atoms with Crippen molar-refractivity contribution < 1.29 is 0 Å². The molecule has 1 aromatic heterocycles. The van der Waals surface area contributed by atoms with Gasteiger partial charge < -0.3 is 4.90 Å². The second-order valence-electron chi connectivity index (χ2n) is 8.40. The highest BCUT2D eigenvalue weighted by atomic mass is 15.1. The lowest BCUT2D eigenvalue weighted by Crippen LogP contribution is -2.53. The standard InChI is InChI=1S/C24H26N2/c1-17-6-5-8-20(12-17)24-10-11-26(2)16-21(24)14-19-13-18-7-3-4-9-22(18)25-23(19)15-24/h3-9,12-13,21H,10-11,14-16H2,1-2H3/t21-,24+/m0/s1. The molecule has 1 fully saturated rings. The number of nitrogens with zero attached hydrogens (tertiary/aromatic N) is 2. The van der Waals surface area contributed by atoms with Gasteiger partial charge in [0.15, 0.2) is 0 Å². The molecule has 5 rings (SSSR count). The van der Waals surface area contributed by atoms with Crippen molar-refractivity contribution in [2.24, 2.45) is 5.92 Å². The molecule has 2 heterocycles. The highest BCUT2D eigenvalue weighted by molar-refractivity contribution is 5.79. The van der Waals surface area contributed by atoms with Crippen LogP contribution in [0.25, 0.3) is 10.9 Å². The lowest BCUT2D eigenvalue weighted by molar-refractivity contribution is 0.0988. The van der Waals surface area contributed by atoms with Crippen molar-refractivity contribution in [2.75, 3.05) is 20.1 Å². The van der Waals surface area contributed by atoms with E-state index in [2.05, 4.69) is 73.5 Å². The van der Waals surface area contributed by atoms with Crippen LogP contribution in [-0.4, -0.2) is 30.0 Å². The van der Waals surface area contributed by atoms with Gasteiger partial charge in [-0.25, -0.2) is 0 Å². The smallest absolute Gasteiger partial charge is 0.0705 e. The highest BCUT2D eigenvalue weighted by Crippen LogP contribution is 2.47. The van der Waals surface area contributed by atoms with E-state index in [0.717, 1.165) is 18.4 Å². The van der Waals surface area contributed by atoms with Crippen molar-refractivity contribution in [3.8, 4) is 0 Å². The van der Waals surface area contributed by atoms with Crippen molar-refractivity contribution in [1.82, 2.24) is 9.88 Å². The van der Waals surface area contributed by atoms with Crippen molar-refractivity contribution in [2.45, 2.75) is 31.6 Å². The summed E-state index contributed by atoms with van der Waals surface area (Å²) in [5.41, 5.74) is 7.05. The third kappa shape index (κ3) is 2.47. The summed E-state index contributed by atoms with van der Waals surface area (Å²) in [4.78, 5) is 7.62. The second-order valence-corrected chi connectivity index (χ2v) is 8.40. The van der Waals surface area contributed by atoms with Crippen molar-refractivity contribution in [3.05, 3.63) is 77.0 Å². The van der Waals surface area contributed by atoms with Crippen molar-refractivity contribution in [1.29, 1.82) is 0 Å². The zero-order chi connectivity index (χ0) is 17.7. The van der Waals surface area contributed by atoms with E-state index in [4.69, 9.17) is 4.98 Å². The molecule has 0 saturated carbocycles. The lowest BCUT2D eigenvalue weighted by Gasteiger charge is -2.50. The molecule has 1 aliphatic carbocycles. The number of likely N-dealkylation sites (tertiary alicyclic amines) is 1. The lowest BCUT2D eigenvalue weighted by atomic mass is 9.58. The van der Waals surface area contributed by atoms with Crippen LogP contribution < -0.4 is 0 Å². The topological polar surface area (TPSA) is 16.1 Å². The average Bonchev–Trinajstić information content (AvgIpc) is 2.65. The van der Waals surface area contributed by atoms with Crippen LogP contribution in [0.5, 0.6) is 0 Å².